The zero-order valence-corrected chi connectivity index (χ0v) is 9.29. The molecule has 0 unspecified atom stereocenters. The van der Waals surface area contributed by atoms with Gasteiger partial charge in [-0.1, -0.05) is 0 Å². The maximum Gasteiger partial charge on any atom is 0.240 e. The summed E-state index contributed by atoms with van der Waals surface area (Å²) in [5.74, 6) is -0.427. The van der Waals surface area contributed by atoms with Gasteiger partial charge in [-0.05, 0) is 6.07 Å². The summed E-state index contributed by atoms with van der Waals surface area (Å²) in [5, 5.41) is 13.3. The number of amides is 1. The minimum absolute atomic E-state index is 0.0334. The third-order valence-corrected chi connectivity index (χ3v) is 1.92. The van der Waals surface area contributed by atoms with E-state index in [2.05, 4.69) is 10.6 Å². The first-order chi connectivity index (χ1) is 8.15. The van der Waals surface area contributed by atoms with Gasteiger partial charge in [0.1, 0.15) is 18.1 Å². The van der Waals surface area contributed by atoms with Gasteiger partial charge in [-0.3, -0.25) is 4.79 Å². The third kappa shape index (κ3) is 4.38. The van der Waals surface area contributed by atoms with Crippen LogP contribution in [0.4, 0.5) is 10.1 Å². The van der Waals surface area contributed by atoms with E-state index in [1.165, 1.54) is 19.2 Å². The van der Waals surface area contributed by atoms with Gasteiger partial charge in [-0.15, -0.1) is 0 Å². The van der Waals surface area contributed by atoms with Crippen LogP contribution < -0.4 is 15.4 Å². The van der Waals surface area contributed by atoms with Gasteiger partial charge in [0.05, 0.1) is 19.7 Å². The van der Waals surface area contributed by atoms with Crippen molar-refractivity contribution in [1.29, 1.82) is 5.26 Å². The summed E-state index contributed by atoms with van der Waals surface area (Å²) in [6.45, 7) is -0.0821. The lowest BCUT2D eigenvalue weighted by atomic mass is 10.3. The minimum atomic E-state index is -0.454. The number of carbonyl (C=O) groups excluding carboxylic acids is 1. The molecule has 1 amide bonds. The topological polar surface area (TPSA) is 74.2 Å². The summed E-state index contributed by atoms with van der Waals surface area (Å²) in [7, 11) is 1.43. The lowest BCUT2D eigenvalue weighted by Gasteiger charge is -2.08. The van der Waals surface area contributed by atoms with E-state index in [4.69, 9.17) is 10.00 Å². The summed E-state index contributed by atoms with van der Waals surface area (Å²) in [4.78, 5) is 11.2. The Morgan fingerprint density at radius 3 is 2.94 bits per heavy atom. The summed E-state index contributed by atoms with van der Waals surface area (Å²) in [5.41, 5.74) is 0.439. The van der Waals surface area contributed by atoms with E-state index in [1.807, 2.05) is 0 Å². The smallest absolute Gasteiger partial charge is 0.240 e. The molecule has 0 atom stereocenters. The molecule has 90 valence electrons. The van der Waals surface area contributed by atoms with Crippen LogP contribution in [-0.4, -0.2) is 26.1 Å². The Bertz CT molecular complexity index is 443. The van der Waals surface area contributed by atoms with Crippen molar-refractivity contribution in [3.05, 3.63) is 24.0 Å². The number of ether oxygens (including phenoxy) is 1. The molecule has 1 aromatic carbocycles. The number of nitriles is 1. The first-order valence-corrected chi connectivity index (χ1v) is 4.88. The van der Waals surface area contributed by atoms with Crippen molar-refractivity contribution in [2.75, 3.05) is 25.5 Å². The highest BCUT2D eigenvalue weighted by Gasteiger charge is 2.03. The Morgan fingerprint density at radius 2 is 2.29 bits per heavy atom. The zero-order valence-electron chi connectivity index (χ0n) is 9.29. The molecule has 1 rings (SSSR count). The standard InChI is InChI=1S/C11H12FN3O2/c1-17-10-5-8(12)4-9(6-10)15-7-11(16)14-3-2-13/h4-6,15H,3,7H2,1H3,(H,14,16). The number of hydrogen-bond acceptors (Lipinski definition) is 4. The molecule has 0 bridgehead atoms. The van der Waals surface area contributed by atoms with Gasteiger partial charge in [0.25, 0.3) is 0 Å². The number of benzene rings is 1. The number of carbonyl (C=O) groups is 1. The van der Waals surface area contributed by atoms with E-state index in [0.717, 1.165) is 0 Å². The van der Waals surface area contributed by atoms with Crippen LogP contribution in [0.1, 0.15) is 0 Å². The molecule has 5 nitrogen and oxygen atoms in total. The van der Waals surface area contributed by atoms with Crippen molar-refractivity contribution in [2.24, 2.45) is 0 Å². The molecule has 1 aromatic rings. The van der Waals surface area contributed by atoms with E-state index in [1.54, 1.807) is 12.1 Å². The summed E-state index contributed by atoms with van der Waals surface area (Å²) in [6, 6.07) is 5.84. The maximum atomic E-state index is 13.1. The van der Waals surface area contributed by atoms with Crippen LogP contribution in [0.5, 0.6) is 5.75 Å². The van der Waals surface area contributed by atoms with Gasteiger partial charge in [0, 0.05) is 17.8 Å². The van der Waals surface area contributed by atoms with Crippen LogP contribution in [0.2, 0.25) is 0 Å². The van der Waals surface area contributed by atoms with E-state index < -0.39 is 5.82 Å². The average molecular weight is 237 g/mol. The van der Waals surface area contributed by atoms with Crippen molar-refractivity contribution >= 4 is 11.6 Å². The third-order valence-electron chi connectivity index (χ3n) is 1.92. The summed E-state index contributed by atoms with van der Waals surface area (Å²) in [6.07, 6.45) is 0. The second-order valence-corrected chi connectivity index (χ2v) is 3.17. The second-order valence-electron chi connectivity index (χ2n) is 3.17. The molecule has 0 aliphatic rings. The molecule has 2 N–H and O–H groups in total. The molecule has 0 radical (unpaired) electrons. The number of nitrogens with one attached hydrogen (secondary N) is 2. The molecule has 0 saturated carbocycles. The highest BCUT2D eigenvalue weighted by atomic mass is 19.1. The van der Waals surface area contributed by atoms with E-state index in [0.29, 0.717) is 11.4 Å². The van der Waals surface area contributed by atoms with Gasteiger partial charge >= 0.3 is 0 Å². The van der Waals surface area contributed by atoms with Crippen molar-refractivity contribution < 1.29 is 13.9 Å². The molecular weight excluding hydrogens is 225 g/mol. The molecule has 0 saturated heterocycles. The van der Waals surface area contributed by atoms with Crippen LogP contribution in [0.25, 0.3) is 0 Å². The van der Waals surface area contributed by atoms with Gasteiger partial charge in [-0.25, -0.2) is 4.39 Å². The molecule has 0 aromatic heterocycles. The Kier molecular flexibility index (Phi) is 4.76. The van der Waals surface area contributed by atoms with Gasteiger partial charge < -0.3 is 15.4 Å². The van der Waals surface area contributed by atoms with Crippen LogP contribution in [0.3, 0.4) is 0 Å². The van der Waals surface area contributed by atoms with Crippen molar-refractivity contribution in [1.82, 2.24) is 5.32 Å². The van der Waals surface area contributed by atoms with Crippen LogP contribution in [0, 0.1) is 17.1 Å². The minimum Gasteiger partial charge on any atom is -0.497 e. The molecule has 17 heavy (non-hydrogen) atoms. The van der Waals surface area contributed by atoms with Gasteiger partial charge in [0.2, 0.25) is 5.91 Å². The zero-order chi connectivity index (χ0) is 12.7. The van der Waals surface area contributed by atoms with Crippen molar-refractivity contribution in [3.8, 4) is 11.8 Å². The quantitative estimate of drug-likeness (QED) is 0.746. The monoisotopic (exact) mass is 237 g/mol. The van der Waals surface area contributed by atoms with E-state index in [-0.39, 0.29) is 19.0 Å². The van der Waals surface area contributed by atoms with Crippen molar-refractivity contribution in [3.63, 3.8) is 0 Å². The molecular formula is C11H12FN3O2. The number of halogens is 1. The highest BCUT2D eigenvalue weighted by Crippen LogP contribution is 2.19. The average Bonchev–Trinajstić information content (AvgIpc) is 2.33. The number of anilines is 1. The Balaban J connectivity index is 2.54. The second kappa shape index (κ2) is 6.33. The predicted molar refractivity (Wildman–Crippen MR) is 60.1 cm³/mol. The number of rotatable bonds is 5. The van der Waals surface area contributed by atoms with Crippen LogP contribution >= 0.6 is 0 Å². The van der Waals surface area contributed by atoms with Crippen LogP contribution in [0.15, 0.2) is 18.2 Å². The SMILES string of the molecule is COc1cc(F)cc(NCC(=O)NCC#N)c1. The summed E-state index contributed by atoms with van der Waals surface area (Å²) >= 11 is 0. The van der Waals surface area contributed by atoms with Gasteiger partial charge in [-0.2, -0.15) is 5.26 Å². The fourth-order valence-corrected chi connectivity index (χ4v) is 1.17. The van der Waals surface area contributed by atoms with Gasteiger partial charge in [0.15, 0.2) is 0 Å². The van der Waals surface area contributed by atoms with E-state index in [9.17, 15) is 9.18 Å². The normalized spacial score (nSPS) is 9.24. The van der Waals surface area contributed by atoms with E-state index >= 15 is 0 Å². The highest BCUT2D eigenvalue weighted by molar-refractivity contribution is 5.80. The van der Waals surface area contributed by atoms with Crippen molar-refractivity contribution in [2.45, 2.75) is 0 Å². The maximum absolute atomic E-state index is 13.1. The number of nitrogens with zero attached hydrogens (tertiary/aromatic N) is 1. The first-order valence-electron chi connectivity index (χ1n) is 4.88. The molecule has 0 fully saturated rings. The largest absolute Gasteiger partial charge is 0.497 e. The first kappa shape index (κ1) is 12.8. The lowest BCUT2D eigenvalue weighted by Crippen LogP contribution is -2.30. The molecule has 0 aliphatic heterocycles. The lowest BCUT2D eigenvalue weighted by molar-refractivity contribution is -0.119. The Hall–Kier alpha value is -2.29. The predicted octanol–water partition coefficient (Wildman–Crippen LogP) is 0.886. The Labute approximate surface area is 98.2 Å². The number of hydrogen-bond donors (Lipinski definition) is 2. The Morgan fingerprint density at radius 1 is 1.53 bits per heavy atom. The fraction of sp³-hybridized carbons (Fsp3) is 0.273. The molecule has 0 heterocycles. The molecule has 6 heteroatoms. The van der Waals surface area contributed by atoms with Crippen LogP contribution in [-0.2, 0) is 4.79 Å². The molecule has 0 aliphatic carbocycles. The summed E-state index contributed by atoms with van der Waals surface area (Å²) < 4.78 is 18.0. The fourth-order valence-electron chi connectivity index (χ4n) is 1.17. The number of methoxy groups -OCH3 is 1. The molecule has 0 spiro atoms.